The molecule has 0 radical (unpaired) electrons. The number of nitrogens with two attached hydrogens (primary N) is 1. The van der Waals surface area contributed by atoms with Gasteiger partial charge in [0.15, 0.2) is 5.75 Å². The lowest BCUT2D eigenvalue weighted by Gasteiger charge is -2.12. The summed E-state index contributed by atoms with van der Waals surface area (Å²) in [6.07, 6.45) is 0.601. The zero-order valence-corrected chi connectivity index (χ0v) is 11.2. The van der Waals surface area contributed by atoms with Crippen molar-refractivity contribution in [1.82, 2.24) is 0 Å². The highest BCUT2D eigenvalue weighted by atomic mass is 35.5. The molecule has 0 aromatic heterocycles. The van der Waals surface area contributed by atoms with Crippen molar-refractivity contribution in [3.8, 4) is 5.75 Å². The first-order chi connectivity index (χ1) is 7.95. The Labute approximate surface area is 112 Å². The van der Waals surface area contributed by atoms with E-state index in [1.807, 2.05) is 6.92 Å². The molecule has 0 fully saturated rings. The summed E-state index contributed by atoms with van der Waals surface area (Å²) in [5.74, 6) is 0.237. The molecule has 100 valence electrons. The fraction of sp³-hybridized carbons (Fsp3) is 0.333. The Balaban J connectivity index is 0.00000289. The molecule has 0 aliphatic heterocycles. The largest absolute Gasteiger partial charge is 0.490 e. The lowest BCUT2D eigenvalue weighted by Crippen LogP contribution is -2.11. The van der Waals surface area contributed by atoms with E-state index in [1.54, 1.807) is 12.1 Å². The maximum Gasteiger partial charge on any atom is 0.311 e. The molecule has 0 aliphatic rings. The van der Waals surface area contributed by atoms with Gasteiger partial charge in [-0.05, 0) is 25.0 Å². The quantitative estimate of drug-likeness (QED) is 0.508. The van der Waals surface area contributed by atoms with Crippen molar-refractivity contribution >= 4 is 18.1 Å². The Morgan fingerprint density at radius 1 is 1.61 bits per heavy atom. The number of methoxy groups -OCH3 is 1. The van der Waals surface area contributed by atoms with E-state index in [4.69, 9.17) is 10.5 Å². The summed E-state index contributed by atoms with van der Waals surface area (Å²) >= 11 is 0. The number of rotatable bonds is 5. The SMILES string of the molecule is C=C(C)C[C@H](N)c1ccc(OC)c([N+](=O)[O-])c1.Cl. The van der Waals surface area contributed by atoms with Gasteiger partial charge in [0.25, 0.3) is 0 Å². The minimum atomic E-state index is -0.476. The van der Waals surface area contributed by atoms with Crippen molar-refractivity contribution in [2.45, 2.75) is 19.4 Å². The van der Waals surface area contributed by atoms with Gasteiger partial charge in [-0.25, -0.2) is 0 Å². The Morgan fingerprint density at radius 2 is 2.22 bits per heavy atom. The molecule has 2 N–H and O–H groups in total. The summed E-state index contributed by atoms with van der Waals surface area (Å²) in [4.78, 5) is 10.4. The molecule has 0 saturated carbocycles. The van der Waals surface area contributed by atoms with Crippen LogP contribution in [0.1, 0.15) is 24.9 Å². The van der Waals surface area contributed by atoms with Crippen molar-refractivity contribution < 1.29 is 9.66 Å². The van der Waals surface area contributed by atoms with Crippen molar-refractivity contribution in [1.29, 1.82) is 0 Å². The molecule has 6 heteroatoms. The van der Waals surface area contributed by atoms with Crippen LogP contribution >= 0.6 is 12.4 Å². The maximum atomic E-state index is 10.8. The molecule has 0 saturated heterocycles. The van der Waals surface area contributed by atoms with Gasteiger partial charge in [-0.2, -0.15) is 0 Å². The molecule has 0 spiro atoms. The number of nitro benzene ring substituents is 1. The Hall–Kier alpha value is -1.59. The topological polar surface area (TPSA) is 78.4 Å². The van der Waals surface area contributed by atoms with Gasteiger partial charge in [-0.3, -0.25) is 10.1 Å². The number of ether oxygens (including phenoxy) is 1. The van der Waals surface area contributed by atoms with Crippen LogP contribution in [0.25, 0.3) is 0 Å². The van der Waals surface area contributed by atoms with Gasteiger partial charge in [0.2, 0.25) is 0 Å². The van der Waals surface area contributed by atoms with Gasteiger partial charge in [-0.15, -0.1) is 19.0 Å². The molecule has 18 heavy (non-hydrogen) atoms. The lowest BCUT2D eigenvalue weighted by atomic mass is 10.0. The Bertz CT molecular complexity index is 449. The number of nitro groups is 1. The van der Waals surface area contributed by atoms with Crippen LogP contribution < -0.4 is 10.5 Å². The van der Waals surface area contributed by atoms with Crippen molar-refractivity contribution in [2.24, 2.45) is 5.73 Å². The van der Waals surface area contributed by atoms with Crippen LogP contribution in [0.3, 0.4) is 0 Å². The zero-order valence-electron chi connectivity index (χ0n) is 10.4. The van der Waals surface area contributed by atoms with Gasteiger partial charge in [0, 0.05) is 12.1 Å². The third kappa shape index (κ3) is 4.01. The highest BCUT2D eigenvalue weighted by Gasteiger charge is 2.17. The molecule has 1 aromatic carbocycles. The maximum absolute atomic E-state index is 10.8. The van der Waals surface area contributed by atoms with Crippen LogP contribution in [0.2, 0.25) is 0 Å². The second kappa shape index (κ2) is 6.98. The minimum Gasteiger partial charge on any atom is -0.490 e. The first-order valence-corrected chi connectivity index (χ1v) is 5.18. The molecule has 1 rings (SSSR count). The molecule has 0 heterocycles. The van der Waals surface area contributed by atoms with Crippen LogP contribution in [0, 0.1) is 10.1 Å². The van der Waals surface area contributed by atoms with E-state index >= 15 is 0 Å². The zero-order chi connectivity index (χ0) is 13.0. The molecule has 0 amide bonds. The summed E-state index contributed by atoms with van der Waals surface area (Å²) < 4.78 is 4.92. The van der Waals surface area contributed by atoms with Crippen molar-refractivity contribution in [2.75, 3.05) is 7.11 Å². The van der Waals surface area contributed by atoms with Crippen LogP contribution in [-0.4, -0.2) is 12.0 Å². The summed E-state index contributed by atoms with van der Waals surface area (Å²) in [6.45, 7) is 5.65. The standard InChI is InChI=1S/C12H16N2O3.ClH/c1-8(2)6-10(13)9-4-5-12(17-3)11(7-9)14(15)16;/h4-5,7,10H,1,6,13H2,2-3H3;1H/t10-;/m0./s1. The van der Waals surface area contributed by atoms with Gasteiger partial charge < -0.3 is 10.5 Å². The predicted molar refractivity (Wildman–Crippen MR) is 73.3 cm³/mol. The minimum absolute atomic E-state index is 0. The molecular weight excluding hydrogens is 256 g/mol. The summed E-state index contributed by atoms with van der Waals surface area (Å²) in [6, 6.07) is 4.47. The molecule has 0 unspecified atom stereocenters. The first-order valence-electron chi connectivity index (χ1n) is 5.18. The van der Waals surface area contributed by atoms with E-state index in [1.165, 1.54) is 13.2 Å². The van der Waals surface area contributed by atoms with Crippen LogP contribution in [-0.2, 0) is 0 Å². The Kier molecular flexibility index (Phi) is 6.36. The average Bonchev–Trinajstić information content (AvgIpc) is 2.27. The van der Waals surface area contributed by atoms with Gasteiger partial charge in [-0.1, -0.05) is 11.6 Å². The lowest BCUT2D eigenvalue weighted by molar-refractivity contribution is -0.385. The van der Waals surface area contributed by atoms with Crippen molar-refractivity contribution in [3.05, 3.63) is 46.0 Å². The summed E-state index contributed by atoms with van der Waals surface area (Å²) in [5, 5.41) is 10.8. The predicted octanol–water partition coefficient (Wildman–Crippen LogP) is 2.99. The van der Waals surface area contributed by atoms with E-state index < -0.39 is 4.92 Å². The number of nitrogens with zero attached hydrogens (tertiary/aromatic N) is 1. The second-order valence-corrected chi connectivity index (χ2v) is 3.96. The number of halogens is 1. The Morgan fingerprint density at radius 3 is 2.67 bits per heavy atom. The summed E-state index contributed by atoms with van der Waals surface area (Å²) in [5.41, 5.74) is 7.51. The van der Waals surface area contributed by atoms with Crippen LogP contribution in [0.15, 0.2) is 30.4 Å². The second-order valence-electron chi connectivity index (χ2n) is 3.96. The van der Waals surface area contributed by atoms with E-state index in [-0.39, 0.29) is 29.9 Å². The van der Waals surface area contributed by atoms with E-state index in [2.05, 4.69) is 6.58 Å². The molecule has 5 nitrogen and oxygen atoms in total. The van der Waals surface area contributed by atoms with Gasteiger partial charge in [0.05, 0.1) is 12.0 Å². The molecular formula is C12H17ClN2O3. The van der Waals surface area contributed by atoms with Gasteiger partial charge in [0.1, 0.15) is 0 Å². The highest BCUT2D eigenvalue weighted by molar-refractivity contribution is 5.85. The van der Waals surface area contributed by atoms with Gasteiger partial charge >= 0.3 is 5.69 Å². The molecule has 0 bridgehead atoms. The molecule has 1 aromatic rings. The van der Waals surface area contributed by atoms with E-state index in [0.717, 1.165) is 5.57 Å². The third-order valence-electron chi connectivity index (χ3n) is 2.40. The number of benzene rings is 1. The molecule has 1 atom stereocenters. The van der Waals surface area contributed by atoms with Crippen LogP contribution in [0.4, 0.5) is 5.69 Å². The number of hydrogen-bond donors (Lipinski definition) is 1. The van der Waals surface area contributed by atoms with Crippen molar-refractivity contribution in [3.63, 3.8) is 0 Å². The normalized spacial score (nSPS) is 11.3. The first kappa shape index (κ1) is 16.4. The monoisotopic (exact) mass is 272 g/mol. The van der Waals surface area contributed by atoms with E-state index in [0.29, 0.717) is 12.0 Å². The number of hydrogen-bond acceptors (Lipinski definition) is 4. The molecule has 0 aliphatic carbocycles. The average molecular weight is 273 g/mol. The fourth-order valence-corrected chi connectivity index (χ4v) is 1.57. The summed E-state index contributed by atoms with van der Waals surface area (Å²) in [7, 11) is 1.40. The smallest absolute Gasteiger partial charge is 0.311 e. The van der Waals surface area contributed by atoms with Crippen LogP contribution in [0.5, 0.6) is 5.75 Å². The third-order valence-corrected chi connectivity index (χ3v) is 2.40. The van der Waals surface area contributed by atoms with E-state index in [9.17, 15) is 10.1 Å². The fourth-order valence-electron chi connectivity index (χ4n) is 1.57. The highest BCUT2D eigenvalue weighted by Crippen LogP contribution is 2.30.